The summed E-state index contributed by atoms with van der Waals surface area (Å²) in [6.07, 6.45) is 3.59. The van der Waals surface area contributed by atoms with Gasteiger partial charge in [-0.2, -0.15) is 0 Å². The van der Waals surface area contributed by atoms with E-state index in [1.54, 1.807) is 0 Å². The summed E-state index contributed by atoms with van der Waals surface area (Å²) in [5, 5.41) is 12.4. The second kappa shape index (κ2) is 2.46. The summed E-state index contributed by atoms with van der Waals surface area (Å²) in [6.45, 7) is 3.40. The molecule has 0 fully saturated rings. The first-order chi connectivity index (χ1) is 4.34. The molecule has 0 amide bonds. The van der Waals surface area contributed by atoms with Crippen LogP contribution in [0.2, 0.25) is 0 Å². The van der Waals surface area contributed by atoms with E-state index < -0.39 is 6.10 Å². The molecule has 3 heteroatoms. The van der Waals surface area contributed by atoms with Gasteiger partial charge in [-0.3, -0.25) is 0 Å². The van der Waals surface area contributed by atoms with Gasteiger partial charge in [0.1, 0.15) is 12.4 Å². The quantitative estimate of drug-likeness (QED) is 0.597. The van der Waals surface area contributed by atoms with Crippen molar-refractivity contribution in [2.24, 2.45) is 0 Å². The Morgan fingerprint density at radius 1 is 1.89 bits per heavy atom. The third-order valence-corrected chi connectivity index (χ3v) is 1.02. The smallest absolute Gasteiger partial charge is 0.129 e. The van der Waals surface area contributed by atoms with Crippen molar-refractivity contribution in [1.29, 1.82) is 0 Å². The Morgan fingerprint density at radius 3 is 3.11 bits per heavy atom. The van der Waals surface area contributed by atoms with Crippen molar-refractivity contribution in [2.75, 3.05) is 0 Å². The number of rotatable bonds is 2. The molecule has 0 aliphatic rings. The molecule has 1 heterocycles. The lowest BCUT2D eigenvalue weighted by Crippen LogP contribution is -1.87. The van der Waals surface area contributed by atoms with Crippen molar-refractivity contribution in [3.63, 3.8) is 0 Å². The van der Waals surface area contributed by atoms with Gasteiger partial charge in [0.05, 0.1) is 6.20 Å². The molecule has 48 valence electrons. The standard InChI is InChI=1S/C6H7NO2/c1-2-6(8)5-3-7-9-4-5/h2-4,6,8H,1H2. The summed E-state index contributed by atoms with van der Waals surface area (Å²) in [4.78, 5) is 0. The van der Waals surface area contributed by atoms with Crippen molar-refractivity contribution in [3.05, 3.63) is 30.7 Å². The maximum atomic E-state index is 9.00. The summed E-state index contributed by atoms with van der Waals surface area (Å²) in [7, 11) is 0. The van der Waals surface area contributed by atoms with E-state index in [1.807, 2.05) is 0 Å². The van der Waals surface area contributed by atoms with Crippen LogP contribution in [0, 0.1) is 0 Å². The predicted molar refractivity (Wildman–Crippen MR) is 31.7 cm³/mol. The molecule has 1 aromatic heterocycles. The van der Waals surface area contributed by atoms with E-state index in [2.05, 4.69) is 16.3 Å². The molecule has 0 aliphatic heterocycles. The average Bonchev–Trinajstić information content (AvgIpc) is 2.37. The highest BCUT2D eigenvalue weighted by atomic mass is 16.5. The Bertz CT molecular complexity index is 181. The monoisotopic (exact) mass is 125 g/mol. The van der Waals surface area contributed by atoms with Gasteiger partial charge in [0, 0.05) is 5.56 Å². The lowest BCUT2D eigenvalue weighted by Gasteiger charge is -1.95. The maximum absolute atomic E-state index is 9.00. The van der Waals surface area contributed by atoms with E-state index in [9.17, 15) is 0 Å². The van der Waals surface area contributed by atoms with Gasteiger partial charge in [-0.1, -0.05) is 11.2 Å². The molecule has 0 spiro atoms. The van der Waals surface area contributed by atoms with E-state index in [4.69, 9.17) is 5.11 Å². The molecule has 1 aromatic rings. The Kier molecular flexibility index (Phi) is 1.65. The molecule has 0 aliphatic carbocycles. The van der Waals surface area contributed by atoms with Crippen LogP contribution in [-0.2, 0) is 0 Å². The molecule has 0 saturated carbocycles. The average molecular weight is 125 g/mol. The Morgan fingerprint density at radius 2 is 2.67 bits per heavy atom. The fourth-order valence-corrected chi connectivity index (χ4v) is 0.495. The van der Waals surface area contributed by atoms with E-state index >= 15 is 0 Å². The zero-order valence-corrected chi connectivity index (χ0v) is 4.82. The molecule has 1 rings (SSSR count). The fourth-order valence-electron chi connectivity index (χ4n) is 0.495. The van der Waals surface area contributed by atoms with Crippen molar-refractivity contribution < 1.29 is 9.63 Å². The summed E-state index contributed by atoms with van der Waals surface area (Å²) in [5.41, 5.74) is 0.630. The molecular formula is C6H7NO2. The van der Waals surface area contributed by atoms with Gasteiger partial charge in [-0.25, -0.2) is 0 Å². The number of aliphatic hydroxyl groups excluding tert-OH is 1. The van der Waals surface area contributed by atoms with Crippen LogP contribution in [0.4, 0.5) is 0 Å². The minimum absolute atomic E-state index is 0.630. The molecule has 0 bridgehead atoms. The van der Waals surface area contributed by atoms with Crippen molar-refractivity contribution in [1.82, 2.24) is 5.16 Å². The van der Waals surface area contributed by atoms with Crippen LogP contribution in [0.3, 0.4) is 0 Å². The SMILES string of the molecule is C=CC(O)c1cnoc1. The predicted octanol–water partition coefficient (Wildman–Crippen LogP) is 0.894. The van der Waals surface area contributed by atoms with Crippen LogP contribution in [0.5, 0.6) is 0 Å². The topological polar surface area (TPSA) is 46.3 Å². The van der Waals surface area contributed by atoms with Crippen molar-refractivity contribution in [3.8, 4) is 0 Å². The van der Waals surface area contributed by atoms with Crippen LogP contribution in [0.1, 0.15) is 11.7 Å². The number of hydrogen-bond donors (Lipinski definition) is 1. The third-order valence-electron chi connectivity index (χ3n) is 1.02. The number of hydrogen-bond acceptors (Lipinski definition) is 3. The number of aliphatic hydroxyl groups is 1. The van der Waals surface area contributed by atoms with Crippen molar-refractivity contribution in [2.45, 2.75) is 6.10 Å². The van der Waals surface area contributed by atoms with Gasteiger partial charge in [0.15, 0.2) is 0 Å². The van der Waals surface area contributed by atoms with Gasteiger partial charge in [-0.05, 0) is 0 Å². The molecule has 1 atom stereocenters. The molecule has 0 saturated heterocycles. The Hall–Kier alpha value is -1.09. The first-order valence-electron chi connectivity index (χ1n) is 2.54. The Labute approximate surface area is 52.6 Å². The molecule has 0 radical (unpaired) electrons. The highest BCUT2D eigenvalue weighted by Crippen LogP contribution is 2.10. The highest BCUT2D eigenvalue weighted by molar-refractivity contribution is 5.09. The molecule has 0 aromatic carbocycles. The van der Waals surface area contributed by atoms with Gasteiger partial charge in [0.2, 0.25) is 0 Å². The number of nitrogens with zero attached hydrogens (tertiary/aromatic N) is 1. The second-order valence-electron chi connectivity index (χ2n) is 1.64. The minimum atomic E-state index is -0.656. The zero-order valence-electron chi connectivity index (χ0n) is 4.82. The van der Waals surface area contributed by atoms with E-state index in [-0.39, 0.29) is 0 Å². The van der Waals surface area contributed by atoms with Crippen molar-refractivity contribution >= 4 is 0 Å². The van der Waals surface area contributed by atoms with E-state index in [0.717, 1.165) is 0 Å². The fraction of sp³-hybridized carbons (Fsp3) is 0.167. The largest absolute Gasteiger partial charge is 0.384 e. The van der Waals surface area contributed by atoms with E-state index in [0.29, 0.717) is 5.56 Å². The summed E-state index contributed by atoms with van der Waals surface area (Å²) in [5.74, 6) is 0. The van der Waals surface area contributed by atoms with E-state index in [1.165, 1.54) is 18.5 Å². The summed E-state index contributed by atoms with van der Waals surface area (Å²) in [6, 6.07) is 0. The molecular weight excluding hydrogens is 118 g/mol. The first-order valence-corrected chi connectivity index (χ1v) is 2.54. The van der Waals surface area contributed by atoms with Gasteiger partial charge in [-0.15, -0.1) is 6.58 Å². The lowest BCUT2D eigenvalue weighted by atomic mass is 10.2. The van der Waals surface area contributed by atoms with Crippen LogP contribution >= 0.6 is 0 Å². The second-order valence-corrected chi connectivity index (χ2v) is 1.64. The van der Waals surface area contributed by atoms with Crippen LogP contribution < -0.4 is 0 Å². The lowest BCUT2D eigenvalue weighted by molar-refractivity contribution is 0.228. The van der Waals surface area contributed by atoms with Gasteiger partial charge >= 0.3 is 0 Å². The molecule has 3 nitrogen and oxygen atoms in total. The van der Waals surface area contributed by atoms with Crippen LogP contribution in [0.25, 0.3) is 0 Å². The minimum Gasteiger partial charge on any atom is -0.384 e. The molecule has 9 heavy (non-hydrogen) atoms. The Balaban J connectivity index is 2.76. The third kappa shape index (κ3) is 1.17. The number of aromatic nitrogens is 1. The summed E-state index contributed by atoms with van der Waals surface area (Å²) < 4.78 is 4.48. The molecule has 1 unspecified atom stereocenters. The van der Waals surface area contributed by atoms with Gasteiger partial charge < -0.3 is 9.63 Å². The first kappa shape index (κ1) is 6.04. The molecule has 1 N–H and O–H groups in total. The zero-order chi connectivity index (χ0) is 6.69. The normalized spacial score (nSPS) is 13.0. The van der Waals surface area contributed by atoms with Crippen LogP contribution in [-0.4, -0.2) is 10.3 Å². The highest BCUT2D eigenvalue weighted by Gasteiger charge is 2.02. The van der Waals surface area contributed by atoms with Gasteiger partial charge in [0.25, 0.3) is 0 Å². The summed E-state index contributed by atoms with van der Waals surface area (Å²) >= 11 is 0. The van der Waals surface area contributed by atoms with Crippen LogP contribution in [0.15, 0.2) is 29.6 Å². The maximum Gasteiger partial charge on any atom is 0.129 e.